The van der Waals surface area contributed by atoms with Gasteiger partial charge < -0.3 is 15.2 Å². The molecule has 0 aliphatic heterocycles. The number of ether oxygens (including phenoxy) is 1. The predicted molar refractivity (Wildman–Crippen MR) is 135 cm³/mol. The van der Waals surface area contributed by atoms with Crippen LogP contribution in [0.15, 0.2) is 82.7 Å². The molecule has 2 aromatic carbocycles. The van der Waals surface area contributed by atoms with Gasteiger partial charge in [-0.2, -0.15) is 13.2 Å². The first-order chi connectivity index (χ1) is 17.2. The van der Waals surface area contributed by atoms with Crippen molar-refractivity contribution in [2.45, 2.75) is 35.7 Å². The Bertz CT molecular complexity index is 1290. The molecule has 36 heavy (non-hydrogen) atoms. The smallest absolute Gasteiger partial charge is 0.490 e. The van der Waals surface area contributed by atoms with Crippen molar-refractivity contribution in [1.29, 1.82) is 0 Å². The van der Waals surface area contributed by atoms with Crippen LogP contribution in [-0.4, -0.2) is 40.3 Å². The average molecular weight is 518 g/mol. The molecule has 0 radical (unpaired) electrons. The van der Waals surface area contributed by atoms with Crippen LogP contribution in [0.25, 0.3) is 16.9 Å². The van der Waals surface area contributed by atoms with Crippen LogP contribution in [0.5, 0.6) is 5.75 Å². The van der Waals surface area contributed by atoms with E-state index < -0.39 is 12.1 Å². The predicted octanol–water partition coefficient (Wildman–Crippen LogP) is 7.01. The molecule has 0 fully saturated rings. The monoisotopic (exact) mass is 517 g/mol. The van der Waals surface area contributed by atoms with Gasteiger partial charge in [-0.3, -0.25) is 4.40 Å². The van der Waals surface area contributed by atoms with Gasteiger partial charge in [0.2, 0.25) is 0 Å². The Kier molecular flexibility index (Phi) is 9.24. The highest BCUT2D eigenvalue weighted by Crippen LogP contribution is 2.34. The number of methoxy groups -OCH3 is 1. The zero-order valence-electron chi connectivity index (χ0n) is 19.7. The van der Waals surface area contributed by atoms with Crippen molar-refractivity contribution in [2.24, 2.45) is 0 Å². The van der Waals surface area contributed by atoms with E-state index in [9.17, 15) is 13.2 Å². The molecule has 0 atom stereocenters. The summed E-state index contributed by atoms with van der Waals surface area (Å²) in [6, 6.07) is 22.8. The number of hydrogen-bond acceptors (Lipinski definition) is 5. The van der Waals surface area contributed by atoms with E-state index in [-0.39, 0.29) is 0 Å². The lowest BCUT2D eigenvalue weighted by molar-refractivity contribution is -0.192. The number of aliphatic carboxylic acids is 1. The highest BCUT2D eigenvalue weighted by Gasteiger charge is 2.38. The van der Waals surface area contributed by atoms with Crippen LogP contribution in [0, 0.1) is 0 Å². The number of nitrogens with one attached hydrogen (secondary N) is 1. The number of carboxylic acid groups (broad SMARTS) is 1. The van der Waals surface area contributed by atoms with E-state index in [4.69, 9.17) is 19.6 Å². The molecular formula is C26H26F3N3O3S. The molecule has 190 valence electrons. The molecule has 0 aliphatic carbocycles. The van der Waals surface area contributed by atoms with Crippen LogP contribution < -0.4 is 10.1 Å². The van der Waals surface area contributed by atoms with Crippen molar-refractivity contribution < 1.29 is 27.8 Å². The Morgan fingerprint density at radius 2 is 1.81 bits per heavy atom. The number of rotatable bonds is 8. The Balaban J connectivity index is 0.000000454. The first kappa shape index (κ1) is 26.9. The summed E-state index contributed by atoms with van der Waals surface area (Å²) in [7, 11) is 1.69. The maximum absolute atomic E-state index is 10.6. The summed E-state index contributed by atoms with van der Waals surface area (Å²) in [5.41, 5.74) is 3.06. The molecule has 2 heterocycles. The number of carbonyl (C=O) groups is 1. The number of anilines is 1. The van der Waals surface area contributed by atoms with Crippen molar-refractivity contribution in [1.82, 2.24) is 9.38 Å². The number of aromatic nitrogens is 2. The van der Waals surface area contributed by atoms with E-state index in [1.165, 1.54) is 9.79 Å². The zero-order valence-corrected chi connectivity index (χ0v) is 20.6. The fraction of sp³-hybridized carbons (Fsp3) is 0.231. The molecule has 6 nitrogen and oxygen atoms in total. The third kappa shape index (κ3) is 7.17. The number of imidazole rings is 1. The minimum atomic E-state index is -5.08. The Labute approximate surface area is 211 Å². The van der Waals surface area contributed by atoms with Gasteiger partial charge in [0, 0.05) is 28.1 Å². The summed E-state index contributed by atoms with van der Waals surface area (Å²) in [5, 5.41) is 10.7. The van der Waals surface area contributed by atoms with Crippen molar-refractivity contribution in [3.05, 3.63) is 72.9 Å². The van der Waals surface area contributed by atoms with Gasteiger partial charge in [-0.05, 0) is 55.0 Å². The van der Waals surface area contributed by atoms with Crippen molar-refractivity contribution >= 4 is 29.2 Å². The number of fused-ring (bicyclic) bond motifs is 1. The topological polar surface area (TPSA) is 75.9 Å². The third-order valence-corrected chi connectivity index (χ3v) is 6.00. The molecule has 0 aliphatic rings. The minimum Gasteiger partial charge on any atom is -0.497 e. The number of hydrogen-bond donors (Lipinski definition) is 2. The summed E-state index contributed by atoms with van der Waals surface area (Å²) in [6.07, 6.45) is -0.726. The van der Waals surface area contributed by atoms with E-state index >= 15 is 0 Å². The number of nitrogens with zero attached hydrogens (tertiary/aromatic N) is 2. The highest BCUT2D eigenvalue weighted by atomic mass is 32.2. The lowest BCUT2D eigenvalue weighted by Gasteiger charge is -2.09. The van der Waals surface area contributed by atoms with E-state index in [0.29, 0.717) is 0 Å². The second-order valence-electron chi connectivity index (χ2n) is 7.63. The first-order valence-electron chi connectivity index (χ1n) is 11.2. The summed E-state index contributed by atoms with van der Waals surface area (Å²) in [6.45, 7) is 3.14. The van der Waals surface area contributed by atoms with Gasteiger partial charge in [0.15, 0.2) is 0 Å². The van der Waals surface area contributed by atoms with Crippen LogP contribution in [0.4, 0.5) is 19.0 Å². The van der Waals surface area contributed by atoms with Crippen LogP contribution in [0.3, 0.4) is 0 Å². The molecule has 0 amide bonds. The lowest BCUT2D eigenvalue weighted by atomic mass is 10.1. The second kappa shape index (κ2) is 12.3. The van der Waals surface area contributed by atoms with Gasteiger partial charge in [-0.1, -0.05) is 43.3 Å². The second-order valence-corrected chi connectivity index (χ2v) is 8.77. The largest absolute Gasteiger partial charge is 0.497 e. The molecule has 0 saturated carbocycles. The summed E-state index contributed by atoms with van der Waals surface area (Å²) in [4.78, 5) is 16.2. The standard InChI is InChI=1S/C24H25N3OS.C2HF3O2/c1-3-4-15-25-24-23(26-22-10-5-6-16-27(22)24)18-8-7-9-21(17-18)29-20-13-11-19(28-2)12-14-20;3-2(4,5)1(6)7/h5-14,16-17,25H,3-4,15H2,1-2H3;(H,6,7). The van der Waals surface area contributed by atoms with E-state index in [2.05, 4.69) is 59.2 Å². The molecule has 0 spiro atoms. The fourth-order valence-corrected chi connectivity index (χ4v) is 4.11. The molecule has 2 aromatic heterocycles. The highest BCUT2D eigenvalue weighted by molar-refractivity contribution is 7.99. The molecule has 0 saturated heterocycles. The molecule has 4 rings (SSSR count). The molecule has 4 aromatic rings. The number of benzene rings is 2. The molecule has 0 bridgehead atoms. The number of pyridine rings is 1. The first-order valence-corrected chi connectivity index (χ1v) is 12.0. The number of alkyl halides is 3. The average Bonchev–Trinajstić information content (AvgIpc) is 3.23. The third-order valence-electron chi connectivity index (χ3n) is 5.00. The van der Waals surface area contributed by atoms with E-state index in [1.54, 1.807) is 18.9 Å². The number of halogens is 3. The summed E-state index contributed by atoms with van der Waals surface area (Å²) >= 11 is 1.74. The van der Waals surface area contributed by atoms with Crippen LogP contribution in [0.2, 0.25) is 0 Å². The van der Waals surface area contributed by atoms with Crippen LogP contribution in [-0.2, 0) is 4.79 Å². The maximum atomic E-state index is 10.6. The number of unbranched alkanes of at least 4 members (excludes halogenated alkanes) is 1. The zero-order chi connectivity index (χ0) is 26.1. The SMILES string of the molecule is CCCCNc1c(-c2cccc(Sc3ccc(OC)cc3)c2)nc2ccccn12.O=C(O)C(F)(F)F. The quantitative estimate of drug-likeness (QED) is 0.245. The fourth-order valence-electron chi connectivity index (χ4n) is 3.24. The van der Waals surface area contributed by atoms with Crippen LogP contribution in [0.1, 0.15) is 19.8 Å². The maximum Gasteiger partial charge on any atom is 0.490 e. The summed E-state index contributed by atoms with van der Waals surface area (Å²) < 4.78 is 39.1. The lowest BCUT2D eigenvalue weighted by Crippen LogP contribution is -2.21. The van der Waals surface area contributed by atoms with Crippen molar-refractivity contribution in [2.75, 3.05) is 19.0 Å². The van der Waals surface area contributed by atoms with Gasteiger partial charge in [0.05, 0.1) is 7.11 Å². The number of carboxylic acids is 1. The van der Waals surface area contributed by atoms with E-state index in [1.807, 2.05) is 30.3 Å². The van der Waals surface area contributed by atoms with Gasteiger partial charge in [0.1, 0.15) is 22.9 Å². The van der Waals surface area contributed by atoms with Gasteiger partial charge in [0.25, 0.3) is 0 Å². The van der Waals surface area contributed by atoms with Gasteiger partial charge >= 0.3 is 12.1 Å². The Hall–Kier alpha value is -3.66. The molecule has 2 N–H and O–H groups in total. The molecular weight excluding hydrogens is 491 g/mol. The van der Waals surface area contributed by atoms with Gasteiger partial charge in [-0.25, -0.2) is 9.78 Å². The molecule has 0 unspecified atom stereocenters. The Morgan fingerprint density at radius 3 is 2.44 bits per heavy atom. The summed E-state index contributed by atoms with van der Waals surface area (Å²) in [5.74, 6) is -0.830. The van der Waals surface area contributed by atoms with Crippen molar-refractivity contribution in [3.63, 3.8) is 0 Å². The normalized spacial score (nSPS) is 11.0. The van der Waals surface area contributed by atoms with Crippen LogP contribution >= 0.6 is 11.8 Å². The van der Waals surface area contributed by atoms with E-state index in [0.717, 1.165) is 47.9 Å². The van der Waals surface area contributed by atoms with Crippen molar-refractivity contribution in [3.8, 4) is 17.0 Å². The van der Waals surface area contributed by atoms with Gasteiger partial charge in [-0.15, -0.1) is 0 Å². The Morgan fingerprint density at radius 1 is 1.08 bits per heavy atom. The molecule has 10 heteroatoms. The minimum absolute atomic E-state index is 0.871.